The van der Waals surface area contributed by atoms with Crippen molar-refractivity contribution in [2.45, 2.75) is 91.1 Å². The predicted octanol–water partition coefficient (Wildman–Crippen LogP) is 6.39. The number of aromatic amines is 2. The minimum Gasteiger partial charge on any atom is -0.376 e. The third kappa shape index (κ3) is 7.43. The van der Waals surface area contributed by atoms with Gasteiger partial charge in [0.2, 0.25) is 0 Å². The molecule has 8 aromatic heterocycles. The van der Waals surface area contributed by atoms with E-state index in [1.807, 2.05) is 72.4 Å². The molecule has 72 heavy (non-hydrogen) atoms. The van der Waals surface area contributed by atoms with Crippen LogP contribution in [-0.4, -0.2) is 136 Å². The van der Waals surface area contributed by atoms with Crippen molar-refractivity contribution in [3.63, 3.8) is 0 Å². The molecule has 8 aromatic rings. The van der Waals surface area contributed by atoms with E-state index in [1.165, 1.54) is 0 Å². The molecule has 0 spiro atoms. The van der Waals surface area contributed by atoms with Gasteiger partial charge in [-0.1, -0.05) is 12.1 Å². The molecule has 14 rings (SSSR count). The molecule has 6 aliphatic heterocycles. The van der Waals surface area contributed by atoms with Crippen LogP contribution in [0.3, 0.4) is 0 Å². The van der Waals surface area contributed by atoms with Crippen LogP contribution in [0.5, 0.6) is 0 Å². The number of rotatable bonds is 8. The van der Waals surface area contributed by atoms with Crippen molar-refractivity contribution in [2.24, 2.45) is 0 Å². The molecular weight excluding hydrogens is 909 g/mol. The van der Waals surface area contributed by atoms with Gasteiger partial charge in [0.25, 0.3) is 0 Å². The summed E-state index contributed by atoms with van der Waals surface area (Å²) in [5, 5.41) is 0. The van der Waals surface area contributed by atoms with E-state index < -0.39 is 0 Å². The van der Waals surface area contributed by atoms with Crippen LogP contribution in [0.25, 0.3) is 68.3 Å². The lowest BCUT2D eigenvalue weighted by Gasteiger charge is -2.46. The number of H-pyrrole nitrogens is 2. The molecule has 2 fully saturated rings. The fourth-order valence-corrected chi connectivity index (χ4v) is 11.7. The lowest BCUT2D eigenvalue weighted by molar-refractivity contribution is -0.0922. The van der Waals surface area contributed by atoms with E-state index in [4.69, 9.17) is 49.3 Å². The first-order valence-corrected chi connectivity index (χ1v) is 25.2. The molecule has 0 aromatic carbocycles. The number of hydrogen-bond acceptors (Lipinski definition) is 13. The number of fused-ring (bicyclic) bond motifs is 4. The highest BCUT2D eigenvalue weighted by Gasteiger charge is 2.43. The summed E-state index contributed by atoms with van der Waals surface area (Å²) in [7, 11) is 0. The van der Waals surface area contributed by atoms with Crippen molar-refractivity contribution in [3.8, 4) is 68.3 Å². The second-order valence-electron chi connectivity index (χ2n) is 19.8. The van der Waals surface area contributed by atoms with Crippen LogP contribution >= 0.6 is 0 Å². The van der Waals surface area contributed by atoms with Gasteiger partial charge in [-0.3, -0.25) is 29.7 Å². The predicted molar refractivity (Wildman–Crippen MR) is 265 cm³/mol. The van der Waals surface area contributed by atoms with Gasteiger partial charge in [0.15, 0.2) is 11.6 Å². The van der Waals surface area contributed by atoms with Crippen molar-refractivity contribution in [2.75, 3.05) is 39.5 Å². The van der Waals surface area contributed by atoms with Gasteiger partial charge in [-0.05, 0) is 75.2 Å². The molecule has 2 N–H and O–H groups in total. The number of carbonyl (C=O) groups excluding carboxylic acids is 1. The van der Waals surface area contributed by atoms with Crippen molar-refractivity contribution in [1.29, 1.82) is 0 Å². The first-order valence-electron chi connectivity index (χ1n) is 25.2. The third-order valence-electron chi connectivity index (χ3n) is 15.2. The summed E-state index contributed by atoms with van der Waals surface area (Å²) in [6, 6.07) is 20.5. The highest BCUT2D eigenvalue weighted by molar-refractivity contribution is 5.81. The number of aryl methyl sites for hydroxylation is 4. The maximum Gasteiger partial charge on any atom is 0.322 e. The molecule has 19 nitrogen and oxygen atoms in total. The number of ether oxygens (including phenoxy) is 2. The van der Waals surface area contributed by atoms with Gasteiger partial charge in [-0.25, -0.2) is 24.7 Å². The number of nitrogens with zero attached hydrogens (tertiary/aromatic N) is 14. The Labute approximate surface area is 415 Å². The number of carbonyl (C=O) groups is 1. The Morgan fingerprint density at radius 2 is 1.06 bits per heavy atom. The molecule has 14 heterocycles. The quantitative estimate of drug-likeness (QED) is 0.171. The minimum atomic E-state index is -0.258. The van der Waals surface area contributed by atoms with E-state index >= 15 is 0 Å². The Bertz CT molecular complexity index is 3160. The van der Waals surface area contributed by atoms with E-state index in [9.17, 15) is 4.79 Å². The summed E-state index contributed by atoms with van der Waals surface area (Å²) in [4.78, 5) is 70.3. The van der Waals surface area contributed by atoms with E-state index in [2.05, 4.69) is 53.2 Å². The zero-order chi connectivity index (χ0) is 48.0. The summed E-state index contributed by atoms with van der Waals surface area (Å²) in [6.07, 6.45) is 7.24. The summed E-state index contributed by atoms with van der Waals surface area (Å²) in [6.45, 7) is 11.0. The smallest absolute Gasteiger partial charge is 0.322 e. The second kappa shape index (κ2) is 17.4. The van der Waals surface area contributed by atoms with Gasteiger partial charge in [0, 0.05) is 100 Å². The number of pyridine rings is 4. The number of nitrogens with one attached hydrogen (secondary N) is 2. The summed E-state index contributed by atoms with van der Waals surface area (Å²) >= 11 is 0. The zero-order valence-corrected chi connectivity index (χ0v) is 40.4. The fourth-order valence-electron chi connectivity index (χ4n) is 11.7. The van der Waals surface area contributed by atoms with Gasteiger partial charge in [-0.2, -0.15) is 0 Å². The maximum absolute atomic E-state index is 14.9. The normalized spacial score (nSPS) is 19.8. The van der Waals surface area contributed by atoms with Crippen molar-refractivity contribution in [1.82, 2.24) is 78.6 Å². The molecular formula is C53H54N16O3. The Kier molecular flexibility index (Phi) is 10.5. The van der Waals surface area contributed by atoms with E-state index in [1.54, 1.807) is 0 Å². The topological polar surface area (TPSA) is 193 Å². The van der Waals surface area contributed by atoms with Gasteiger partial charge < -0.3 is 38.4 Å². The number of amides is 2. The SMILES string of the molecule is Cc1cccc(-c2nc3n(c2-c2ccnc(-c4nc5c([nH]4)CN(C4COCCN4C(=O)N4CCOCC4N4Cc6nc(-c7cc(-c8c(-c9cccc(C)n9)nc9n8CCC9)ccn7)[nH]c6C4)C5)c2)CCC3)n1. The summed E-state index contributed by atoms with van der Waals surface area (Å²) in [5.74, 6) is 3.64. The molecule has 2 unspecified atom stereocenters. The van der Waals surface area contributed by atoms with Crippen LogP contribution in [-0.2, 0) is 61.6 Å². The van der Waals surface area contributed by atoms with Crippen LogP contribution in [0.2, 0.25) is 0 Å². The summed E-state index contributed by atoms with van der Waals surface area (Å²) in [5.41, 5.74) is 15.2. The number of imidazole rings is 4. The molecule has 0 radical (unpaired) electrons. The Balaban J connectivity index is 0.666. The van der Waals surface area contributed by atoms with Gasteiger partial charge in [0.05, 0.1) is 72.0 Å². The maximum atomic E-state index is 14.9. The Morgan fingerprint density at radius 3 is 1.51 bits per heavy atom. The zero-order valence-electron chi connectivity index (χ0n) is 40.4. The first-order chi connectivity index (χ1) is 35.4. The minimum absolute atomic E-state index is 0.00905. The van der Waals surface area contributed by atoms with Crippen LogP contribution in [0.1, 0.15) is 58.7 Å². The lowest BCUT2D eigenvalue weighted by Crippen LogP contribution is -2.64. The fraction of sp³-hybridized carbons (Fsp3) is 0.377. The molecule has 0 aliphatic carbocycles. The Hall–Kier alpha value is -7.45. The van der Waals surface area contributed by atoms with Gasteiger partial charge in [0.1, 0.15) is 46.8 Å². The van der Waals surface area contributed by atoms with Crippen molar-refractivity contribution < 1.29 is 14.3 Å². The molecule has 19 heteroatoms. The highest BCUT2D eigenvalue weighted by Crippen LogP contribution is 2.39. The number of morpholine rings is 2. The second-order valence-corrected chi connectivity index (χ2v) is 19.8. The number of aromatic nitrogens is 12. The average molecular weight is 963 g/mol. The van der Waals surface area contributed by atoms with Crippen LogP contribution < -0.4 is 0 Å². The average Bonchev–Trinajstić information content (AvgIpc) is 4.27. The third-order valence-corrected chi connectivity index (χ3v) is 15.2. The van der Waals surface area contributed by atoms with E-state index in [-0.39, 0.29) is 18.4 Å². The molecule has 0 saturated carbocycles. The molecule has 364 valence electrons. The molecule has 2 saturated heterocycles. The molecule has 0 bridgehead atoms. The van der Waals surface area contributed by atoms with Crippen LogP contribution in [0, 0.1) is 13.8 Å². The van der Waals surface area contributed by atoms with Crippen molar-refractivity contribution >= 4 is 6.03 Å². The van der Waals surface area contributed by atoms with E-state index in [0.717, 1.165) is 153 Å². The molecule has 2 amide bonds. The highest BCUT2D eigenvalue weighted by atomic mass is 16.5. The van der Waals surface area contributed by atoms with Crippen LogP contribution in [0.15, 0.2) is 73.1 Å². The molecule has 6 aliphatic rings. The van der Waals surface area contributed by atoms with Gasteiger partial charge in [-0.15, -0.1) is 0 Å². The monoisotopic (exact) mass is 962 g/mol. The Morgan fingerprint density at radius 1 is 0.569 bits per heavy atom. The summed E-state index contributed by atoms with van der Waals surface area (Å²) < 4.78 is 16.8. The lowest BCUT2D eigenvalue weighted by atomic mass is 10.1. The molecule has 2 atom stereocenters. The van der Waals surface area contributed by atoms with Crippen LogP contribution in [0.4, 0.5) is 4.79 Å². The standard InChI is InChI=1S/C53H54N16O3/c1-31-7-3-9-35(56-31)47-49(66-17-5-11-43(66)62-47)33-13-15-54-37(23-33)51-58-39-25-64(26-40(39)59-51)45-29-71-21-19-68(45)53(70)69-20-22-72-30-46(69)65-27-41-42(28-65)61-52(60-41)38-24-34(14-16-55-38)50-48(36-10-4-8-32(2)57-36)63-44-12-6-18-67(44)50/h3-4,7-10,13-16,23-24,45-46H,5-6,11-12,17-22,25-30H2,1-2H3,(H,58,59)(H,60,61). The van der Waals surface area contributed by atoms with Crippen molar-refractivity contribution in [3.05, 3.63) is 119 Å². The number of urea groups is 1. The van der Waals surface area contributed by atoms with Gasteiger partial charge >= 0.3 is 6.03 Å². The van der Waals surface area contributed by atoms with E-state index in [0.29, 0.717) is 65.7 Å². The largest absolute Gasteiger partial charge is 0.376 e. The first kappa shape index (κ1) is 43.3. The number of hydrogen-bond donors (Lipinski definition) is 2.